The molecule has 1 aromatic heterocycles. The van der Waals surface area contributed by atoms with Crippen molar-refractivity contribution in [2.24, 2.45) is 5.84 Å². The Hall–Kier alpha value is -1.85. The average molecular weight is 246 g/mol. The molecule has 1 aromatic carbocycles. The maximum absolute atomic E-state index is 5.54. The molecule has 0 saturated carbocycles. The molecule has 18 heavy (non-hydrogen) atoms. The summed E-state index contributed by atoms with van der Waals surface area (Å²) in [5, 5.41) is 0. The van der Waals surface area contributed by atoms with E-state index in [9.17, 15) is 0 Å². The van der Waals surface area contributed by atoms with E-state index in [1.54, 1.807) is 19.5 Å². The van der Waals surface area contributed by atoms with Crippen LogP contribution >= 0.6 is 0 Å². The van der Waals surface area contributed by atoms with Crippen molar-refractivity contribution in [3.8, 4) is 5.75 Å². The Morgan fingerprint density at radius 2 is 2.17 bits per heavy atom. The maximum atomic E-state index is 5.54. The van der Waals surface area contributed by atoms with Gasteiger partial charge in [-0.1, -0.05) is 12.1 Å². The standard InChI is InChI=1S/C13H18N4O/c1-18-11-5-2-10(3-6-11)4-7-12(17-14)13-15-8-9-16-13/h2-3,5-6,8-9,12,17H,4,7,14H2,1H3,(H,15,16). The fourth-order valence-corrected chi connectivity index (χ4v) is 1.87. The lowest BCUT2D eigenvalue weighted by molar-refractivity contribution is 0.414. The number of nitrogens with one attached hydrogen (secondary N) is 2. The van der Waals surface area contributed by atoms with Crippen LogP contribution in [-0.4, -0.2) is 17.1 Å². The molecule has 5 nitrogen and oxygen atoms in total. The molecule has 0 radical (unpaired) electrons. The number of nitrogens with zero attached hydrogens (tertiary/aromatic N) is 1. The molecule has 0 aliphatic heterocycles. The van der Waals surface area contributed by atoms with Gasteiger partial charge in [0.05, 0.1) is 13.2 Å². The molecule has 1 atom stereocenters. The summed E-state index contributed by atoms with van der Waals surface area (Å²) in [6.45, 7) is 0. The number of benzene rings is 1. The van der Waals surface area contributed by atoms with Gasteiger partial charge in [0.25, 0.3) is 0 Å². The molecule has 1 heterocycles. The van der Waals surface area contributed by atoms with Crippen molar-refractivity contribution < 1.29 is 4.74 Å². The number of hydrogen-bond acceptors (Lipinski definition) is 4. The molecule has 2 aromatic rings. The largest absolute Gasteiger partial charge is 0.497 e. The zero-order valence-corrected chi connectivity index (χ0v) is 10.4. The molecular weight excluding hydrogens is 228 g/mol. The van der Waals surface area contributed by atoms with E-state index in [1.165, 1.54) is 5.56 Å². The third-order valence-electron chi connectivity index (χ3n) is 2.93. The second kappa shape index (κ2) is 6.18. The number of aromatic amines is 1. The highest BCUT2D eigenvalue weighted by Gasteiger charge is 2.11. The zero-order valence-electron chi connectivity index (χ0n) is 10.4. The Kier molecular flexibility index (Phi) is 4.33. The predicted molar refractivity (Wildman–Crippen MR) is 70.0 cm³/mol. The van der Waals surface area contributed by atoms with Crippen molar-refractivity contribution >= 4 is 0 Å². The Morgan fingerprint density at radius 3 is 2.72 bits per heavy atom. The van der Waals surface area contributed by atoms with Crippen LogP contribution in [0.3, 0.4) is 0 Å². The first kappa shape index (κ1) is 12.6. The van der Waals surface area contributed by atoms with Gasteiger partial charge in [0.2, 0.25) is 0 Å². The first-order valence-corrected chi connectivity index (χ1v) is 5.92. The van der Waals surface area contributed by atoms with E-state index in [0.717, 1.165) is 24.4 Å². The Morgan fingerprint density at radius 1 is 1.39 bits per heavy atom. The van der Waals surface area contributed by atoms with Gasteiger partial charge in [-0.15, -0.1) is 0 Å². The van der Waals surface area contributed by atoms with Crippen molar-refractivity contribution in [2.45, 2.75) is 18.9 Å². The van der Waals surface area contributed by atoms with E-state index in [0.29, 0.717) is 0 Å². The summed E-state index contributed by atoms with van der Waals surface area (Å²) in [6.07, 6.45) is 5.34. The number of ether oxygens (including phenoxy) is 1. The molecule has 5 heteroatoms. The van der Waals surface area contributed by atoms with Gasteiger partial charge in [-0.25, -0.2) is 10.4 Å². The number of aromatic nitrogens is 2. The van der Waals surface area contributed by atoms with Gasteiger partial charge in [-0.05, 0) is 30.5 Å². The van der Waals surface area contributed by atoms with Gasteiger partial charge in [-0.3, -0.25) is 5.84 Å². The third-order valence-corrected chi connectivity index (χ3v) is 2.93. The van der Waals surface area contributed by atoms with E-state index in [-0.39, 0.29) is 6.04 Å². The topological polar surface area (TPSA) is 76.0 Å². The minimum Gasteiger partial charge on any atom is -0.497 e. The van der Waals surface area contributed by atoms with E-state index in [4.69, 9.17) is 10.6 Å². The highest BCUT2D eigenvalue weighted by Crippen LogP contribution is 2.17. The van der Waals surface area contributed by atoms with Crippen LogP contribution in [0.15, 0.2) is 36.7 Å². The number of rotatable bonds is 6. The quantitative estimate of drug-likeness (QED) is 0.534. The normalized spacial score (nSPS) is 12.3. The van der Waals surface area contributed by atoms with Gasteiger partial charge in [0.15, 0.2) is 0 Å². The van der Waals surface area contributed by atoms with Crippen molar-refractivity contribution in [3.05, 3.63) is 48.0 Å². The number of nitrogens with two attached hydrogens (primary N) is 1. The lowest BCUT2D eigenvalue weighted by atomic mass is 10.1. The van der Waals surface area contributed by atoms with E-state index in [1.807, 2.05) is 12.1 Å². The molecule has 0 aliphatic carbocycles. The lowest BCUT2D eigenvalue weighted by Gasteiger charge is -2.13. The molecule has 0 bridgehead atoms. The Labute approximate surface area is 106 Å². The number of aryl methyl sites for hydroxylation is 1. The third kappa shape index (κ3) is 3.09. The van der Waals surface area contributed by atoms with Gasteiger partial charge in [0.1, 0.15) is 11.6 Å². The summed E-state index contributed by atoms with van der Waals surface area (Å²) in [5.41, 5.74) is 4.03. The fraction of sp³-hybridized carbons (Fsp3) is 0.308. The average Bonchev–Trinajstić information content (AvgIpc) is 2.94. The second-order valence-corrected chi connectivity index (χ2v) is 4.08. The summed E-state index contributed by atoms with van der Waals surface area (Å²) < 4.78 is 5.13. The minimum atomic E-state index is 0.0436. The molecule has 0 amide bonds. The van der Waals surface area contributed by atoms with Crippen molar-refractivity contribution in [1.29, 1.82) is 0 Å². The highest BCUT2D eigenvalue weighted by atomic mass is 16.5. The lowest BCUT2D eigenvalue weighted by Crippen LogP contribution is -2.29. The van der Waals surface area contributed by atoms with Crippen LogP contribution in [0.4, 0.5) is 0 Å². The van der Waals surface area contributed by atoms with E-state index >= 15 is 0 Å². The summed E-state index contributed by atoms with van der Waals surface area (Å²) in [4.78, 5) is 7.28. The van der Waals surface area contributed by atoms with Crippen LogP contribution in [0.2, 0.25) is 0 Å². The summed E-state index contributed by atoms with van der Waals surface area (Å²) in [6, 6.07) is 8.10. The van der Waals surface area contributed by atoms with Gasteiger partial charge in [-0.2, -0.15) is 0 Å². The number of hydrazine groups is 1. The minimum absolute atomic E-state index is 0.0436. The van der Waals surface area contributed by atoms with Crippen LogP contribution in [-0.2, 0) is 6.42 Å². The number of H-pyrrole nitrogens is 1. The molecule has 0 fully saturated rings. The molecule has 0 aliphatic rings. The molecule has 0 spiro atoms. The van der Waals surface area contributed by atoms with Crippen LogP contribution in [0.5, 0.6) is 5.75 Å². The van der Waals surface area contributed by atoms with Crippen LogP contribution in [0.1, 0.15) is 23.9 Å². The van der Waals surface area contributed by atoms with Crippen molar-refractivity contribution in [3.63, 3.8) is 0 Å². The van der Waals surface area contributed by atoms with Crippen LogP contribution in [0, 0.1) is 0 Å². The maximum Gasteiger partial charge on any atom is 0.124 e. The van der Waals surface area contributed by atoms with Gasteiger partial charge < -0.3 is 9.72 Å². The summed E-state index contributed by atoms with van der Waals surface area (Å²) >= 11 is 0. The first-order chi connectivity index (χ1) is 8.83. The number of imidazole rings is 1. The van der Waals surface area contributed by atoms with E-state index < -0.39 is 0 Å². The number of hydrogen-bond donors (Lipinski definition) is 3. The molecular formula is C13H18N4O. The zero-order chi connectivity index (χ0) is 12.8. The van der Waals surface area contributed by atoms with Crippen molar-refractivity contribution in [2.75, 3.05) is 7.11 Å². The Bertz CT molecular complexity index is 452. The highest BCUT2D eigenvalue weighted by molar-refractivity contribution is 5.27. The monoisotopic (exact) mass is 246 g/mol. The smallest absolute Gasteiger partial charge is 0.124 e. The molecule has 4 N–H and O–H groups in total. The molecule has 1 unspecified atom stereocenters. The second-order valence-electron chi connectivity index (χ2n) is 4.08. The predicted octanol–water partition coefficient (Wildman–Crippen LogP) is 1.56. The molecule has 0 saturated heterocycles. The fourth-order valence-electron chi connectivity index (χ4n) is 1.87. The van der Waals surface area contributed by atoms with E-state index in [2.05, 4.69) is 27.5 Å². The van der Waals surface area contributed by atoms with Gasteiger partial charge >= 0.3 is 0 Å². The Balaban J connectivity index is 1.93. The van der Waals surface area contributed by atoms with Crippen LogP contribution in [0.25, 0.3) is 0 Å². The summed E-state index contributed by atoms with van der Waals surface area (Å²) in [5.74, 6) is 7.28. The molecule has 2 rings (SSSR count). The SMILES string of the molecule is COc1ccc(CCC(NN)c2ncc[nH]2)cc1. The summed E-state index contributed by atoms with van der Waals surface area (Å²) in [7, 11) is 1.67. The number of methoxy groups -OCH3 is 1. The first-order valence-electron chi connectivity index (χ1n) is 5.92. The van der Waals surface area contributed by atoms with Gasteiger partial charge in [0, 0.05) is 12.4 Å². The van der Waals surface area contributed by atoms with Crippen LogP contribution < -0.4 is 16.0 Å². The molecule has 96 valence electrons. The van der Waals surface area contributed by atoms with Crippen molar-refractivity contribution in [1.82, 2.24) is 15.4 Å².